The largest absolute Gasteiger partial charge is 0.482 e. The Labute approximate surface area is 181 Å². The summed E-state index contributed by atoms with van der Waals surface area (Å²) in [5.41, 5.74) is 6.29. The van der Waals surface area contributed by atoms with Crippen molar-refractivity contribution < 1.29 is 19.1 Å². The number of rotatable bonds is 8. The molecule has 0 saturated heterocycles. The van der Waals surface area contributed by atoms with Crippen LogP contribution in [0.2, 0.25) is 5.02 Å². The molecular weight excluding hydrogens is 428 g/mol. The Morgan fingerprint density at radius 3 is 2.61 bits per heavy atom. The molecule has 1 unspecified atom stereocenters. The van der Waals surface area contributed by atoms with Gasteiger partial charge < -0.3 is 25.8 Å². The van der Waals surface area contributed by atoms with Crippen LogP contribution in [0.25, 0.3) is 5.82 Å². The summed E-state index contributed by atoms with van der Waals surface area (Å²) in [6.07, 6.45) is 6.75. The summed E-state index contributed by atoms with van der Waals surface area (Å²) in [5, 5.41) is 13.5. The van der Waals surface area contributed by atoms with E-state index in [4.69, 9.17) is 26.8 Å². The van der Waals surface area contributed by atoms with Crippen LogP contribution in [0.5, 0.6) is 5.75 Å². The van der Waals surface area contributed by atoms with Gasteiger partial charge in [-0.2, -0.15) is 10.2 Å². The molecule has 12 nitrogen and oxygen atoms in total. The first kappa shape index (κ1) is 21.9. The van der Waals surface area contributed by atoms with Crippen LogP contribution >= 0.6 is 11.6 Å². The molecule has 0 aliphatic carbocycles. The average molecular weight is 447 g/mol. The normalized spacial score (nSPS) is 11.6. The maximum atomic E-state index is 12.5. The van der Waals surface area contributed by atoms with Gasteiger partial charge in [0, 0.05) is 12.7 Å². The number of nitrogens with zero attached hydrogens (tertiary/aromatic N) is 5. The van der Waals surface area contributed by atoms with Crippen molar-refractivity contribution in [1.82, 2.24) is 25.0 Å². The Hall–Kier alpha value is -3.77. The number of nitrogens with one attached hydrogen (secondary N) is 2. The number of urea groups is 1. The molecule has 3 amide bonds. The summed E-state index contributed by atoms with van der Waals surface area (Å²) >= 11 is 6.22. The number of primary amides is 1. The Bertz CT molecular complexity index is 1080. The minimum Gasteiger partial charge on any atom is -0.482 e. The van der Waals surface area contributed by atoms with Crippen LogP contribution < -0.4 is 21.1 Å². The minimum absolute atomic E-state index is 0.242. The molecule has 0 aliphatic heterocycles. The zero-order chi connectivity index (χ0) is 22.4. The van der Waals surface area contributed by atoms with Crippen molar-refractivity contribution >= 4 is 34.9 Å². The van der Waals surface area contributed by atoms with Crippen LogP contribution in [0.3, 0.4) is 0 Å². The highest BCUT2D eigenvalue weighted by Crippen LogP contribution is 2.33. The maximum Gasteiger partial charge on any atom is 0.323 e. The number of nitrogens with two attached hydrogens (primary N) is 1. The number of hydrogen-bond donors (Lipinski definition) is 3. The van der Waals surface area contributed by atoms with Crippen LogP contribution in [-0.4, -0.2) is 50.6 Å². The van der Waals surface area contributed by atoms with Crippen molar-refractivity contribution in [2.24, 2.45) is 5.73 Å². The van der Waals surface area contributed by atoms with Gasteiger partial charge in [-0.05, 0) is 13.0 Å². The van der Waals surface area contributed by atoms with Crippen molar-refractivity contribution in [3.05, 3.63) is 47.6 Å². The molecule has 4 N–H and O–H groups in total. The molecule has 0 aromatic carbocycles. The smallest absolute Gasteiger partial charge is 0.323 e. The highest BCUT2D eigenvalue weighted by atomic mass is 35.5. The number of carbonyl (C=O) groups excluding carboxylic acids is 2. The number of anilines is 2. The zero-order valence-corrected chi connectivity index (χ0v) is 17.3. The molecule has 0 radical (unpaired) electrons. The van der Waals surface area contributed by atoms with Crippen molar-refractivity contribution in [3.8, 4) is 11.6 Å². The maximum absolute atomic E-state index is 12.5. The van der Waals surface area contributed by atoms with Crippen molar-refractivity contribution in [2.75, 3.05) is 24.4 Å². The first-order valence-corrected chi connectivity index (χ1v) is 9.29. The summed E-state index contributed by atoms with van der Waals surface area (Å²) in [7, 11) is 1.50. The Kier molecular flexibility index (Phi) is 6.95. The van der Waals surface area contributed by atoms with Crippen LogP contribution in [0.15, 0.2) is 37.1 Å². The van der Waals surface area contributed by atoms with Gasteiger partial charge in [-0.3, -0.25) is 9.78 Å². The van der Waals surface area contributed by atoms with E-state index >= 15 is 0 Å². The van der Waals surface area contributed by atoms with Crippen molar-refractivity contribution in [3.63, 3.8) is 0 Å². The molecule has 13 heteroatoms. The fraction of sp³-hybridized carbons (Fsp3) is 0.222. The van der Waals surface area contributed by atoms with E-state index in [9.17, 15) is 9.59 Å². The van der Waals surface area contributed by atoms with Gasteiger partial charge in [0.1, 0.15) is 5.75 Å². The Morgan fingerprint density at radius 1 is 1.23 bits per heavy atom. The number of halogens is 1. The van der Waals surface area contributed by atoms with E-state index in [0.29, 0.717) is 22.8 Å². The lowest BCUT2D eigenvalue weighted by Crippen LogP contribution is -2.23. The number of pyridine rings is 2. The van der Waals surface area contributed by atoms with E-state index in [1.54, 1.807) is 6.92 Å². The lowest BCUT2D eigenvalue weighted by Gasteiger charge is -2.19. The Morgan fingerprint density at radius 2 is 1.97 bits per heavy atom. The predicted molar refractivity (Wildman–Crippen MR) is 111 cm³/mol. The molecule has 3 rings (SSSR count). The van der Waals surface area contributed by atoms with Gasteiger partial charge in [-0.25, -0.2) is 9.78 Å². The van der Waals surface area contributed by atoms with Crippen molar-refractivity contribution in [1.29, 1.82) is 0 Å². The lowest BCUT2D eigenvalue weighted by atomic mass is 10.1. The second kappa shape index (κ2) is 9.82. The van der Waals surface area contributed by atoms with Crippen LogP contribution in [0.1, 0.15) is 18.6 Å². The molecule has 0 bridgehead atoms. The summed E-state index contributed by atoms with van der Waals surface area (Å²) in [6, 6.07) is 0.928. The number of aromatic nitrogens is 5. The summed E-state index contributed by atoms with van der Waals surface area (Å²) in [6.45, 7) is 1.41. The average Bonchev–Trinajstić information content (AvgIpc) is 3.26. The molecule has 0 aliphatic rings. The molecule has 0 saturated carbocycles. The fourth-order valence-electron chi connectivity index (χ4n) is 2.61. The predicted octanol–water partition coefficient (Wildman–Crippen LogP) is 1.93. The topological polar surface area (TPSA) is 159 Å². The third-order valence-corrected chi connectivity index (χ3v) is 4.30. The SMILES string of the molecule is COC(C)c1c(NC(=O)Nc2cnc(-n3nccn3)c(Cl)c2)cncc1OCC(N)=O. The highest BCUT2D eigenvalue weighted by molar-refractivity contribution is 6.32. The second-order valence-electron chi connectivity index (χ2n) is 6.16. The van der Waals surface area contributed by atoms with Gasteiger partial charge in [-0.1, -0.05) is 11.6 Å². The molecule has 162 valence electrons. The van der Waals surface area contributed by atoms with Crippen LogP contribution in [-0.2, 0) is 9.53 Å². The third-order valence-electron chi connectivity index (χ3n) is 4.02. The van der Waals surface area contributed by atoms with E-state index in [1.165, 1.54) is 49.0 Å². The number of carbonyl (C=O) groups is 2. The lowest BCUT2D eigenvalue weighted by molar-refractivity contribution is -0.120. The van der Waals surface area contributed by atoms with Gasteiger partial charge in [0.15, 0.2) is 12.4 Å². The highest BCUT2D eigenvalue weighted by Gasteiger charge is 2.19. The van der Waals surface area contributed by atoms with Gasteiger partial charge in [0.05, 0.1) is 53.5 Å². The number of hydrogen-bond acceptors (Lipinski definition) is 8. The second-order valence-corrected chi connectivity index (χ2v) is 6.57. The molecule has 3 heterocycles. The summed E-state index contributed by atoms with van der Waals surface area (Å²) in [4.78, 5) is 33.0. The molecule has 31 heavy (non-hydrogen) atoms. The summed E-state index contributed by atoms with van der Waals surface area (Å²) in [5.74, 6) is -0.0747. The standard InChI is InChI=1S/C18H19ClN8O4/c1-10(30-2)16-13(7-21-8-14(16)31-9-15(20)28)26-18(29)25-11-5-12(19)17(22-6-11)27-23-3-4-24-27/h3-8,10H,9H2,1-2H3,(H2,20,28)(H2,25,26,29). The zero-order valence-electron chi connectivity index (χ0n) is 16.6. The molecule has 0 fully saturated rings. The number of ether oxygens (including phenoxy) is 2. The molecular formula is C18H19ClN8O4. The van der Waals surface area contributed by atoms with Gasteiger partial charge in [-0.15, -0.1) is 4.80 Å². The number of methoxy groups -OCH3 is 1. The minimum atomic E-state index is -0.648. The molecule has 0 spiro atoms. The van der Waals surface area contributed by atoms with Crippen LogP contribution in [0, 0.1) is 0 Å². The van der Waals surface area contributed by atoms with Gasteiger partial charge in [0.2, 0.25) is 0 Å². The fourth-order valence-corrected chi connectivity index (χ4v) is 2.85. The van der Waals surface area contributed by atoms with Gasteiger partial charge in [0.25, 0.3) is 5.91 Å². The van der Waals surface area contributed by atoms with E-state index < -0.39 is 18.0 Å². The van der Waals surface area contributed by atoms with Gasteiger partial charge >= 0.3 is 6.03 Å². The Balaban J connectivity index is 1.77. The summed E-state index contributed by atoms with van der Waals surface area (Å²) < 4.78 is 10.7. The monoisotopic (exact) mass is 446 g/mol. The third kappa shape index (κ3) is 5.43. The van der Waals surface area contributed by atoms with Crippen molar-refractivity contribution in [2.45, 2.75) is 13.0 Å². The molecule has 1 atom stereocenters. The van der Waals surface area contributed by atoms with E-state index in [1.807, 2.05) is 0 Å². The number of amides is 3. The van der Waals surface area contributed by atoms with E-state index in [-0.39, 0.29) is 17.4 Å². The quantitative estimate of drug-likeness (QED) is 0.473. The van der Waals surface area contributed by atoms with Crippen LogP contribution in [0.4, 0.5) is 16.2 Å². The molecule has 3 aromatic heterocycles. The van der Waals surface area contributed by atoms with E-state index in [0.717, 1.165) is 0 Å². The van der Waals surface area contributed by atoms with E-state index in [2.05, 4.69) is 30.8 Å². The first-order chi connectivity index (χ1) is 14.9. The first-order valence-electron chi connectivity index (χ1n) is 8.91. The molecule has 3 aromatic rings.